The number of carbonyl (C=O) groups is 1. The third-order valence-corrected chi connectivity index (χ3v) is 5.04. The van der Waals surface area contributed by atoms with Crippen LogP contribution >= 0.6 is 0 Å². The highest BCUT2D eigenvalue weighted by molar-refractivity contribution is 5.78. The van der Waals surface area contributed by atoms with Crippen molar-refractivity contribution >= 4 is 11.6 Å². The zero-order valence-electron chi connectivity index (χ0n) is 16.6. The van der Waals surface area contributed by atoms with Crippen molar-refractivity contribution in [3.05, 3.63) is 59.9 Å². The van der Waals surface area contributed by atoms with Crippen molar-refractivity contribution in [1.82, 2.24) is 9.80 Å². The van der Waals surface area contributed by atoms with Gasteiger partial charge in [-0.05, 0) is 36.8 Å². The standard InChI is InChI=1S/C22H28FN3O2/c1-18-6-5-7-19(16-18)26-12-10-25(11-13-26)17-22(27)24(2)14-15-28-21-9-4-3-8-20(21)23/h3-9,16H,10-15,17H2,1-2H3. The zero-order valence-corrected chi connectivity index (χ0v) is 16.6. The molecule has 1 heterocycles. The molecule has 0 radical (unpaired) electrons. The zero-order chi connectivity index (χ0) is 19.9. The van der Waals surface area contributed by atoms with Crippen molar-refractivity contribution < 1.29 is 13.9 Å². The Hall–Kier alpha value is -2.60. The van der Waals surface area contributed by atoms with Gasteiger partial charge in [-0.3, -0.25) is 9.69 Å². The maximum atomic E-state index is 13.5. The van der Waals surface area contributed by atoms with E-state index >= 15 is 0 Å². The van der Waals surface area contributed by atoms with Gasteiger partial charge in [-0.2, -0.15) is 0 Å². The molecule has 1 aliphatic rings. The molecule has 1 aliphatic heterocycles. The number of halogens is 1. The highest BCUT2D eigenvalue weighted by Crippen LogP contribution is 2.18. The summed E-state index contributed by atoms with van der Waals surface area (Å²) in [6, 6.07) is 14.8. The molecule has 28 heavy (non-hydrogen) atoms. The van der Waals surface area contributed by atoms with E-state index in [2.05, 4.69) is 41.0 Å². The third-order valence-electron chi connectivity index (χ3n) is 5.04. The summed E-state index contributed by atoms with van der Waals surface area (Å²) in [4.78, 5) is 18.6. The predicted octanol–water partition coefficient (Wildman–Crippen LogP) is 2.79. The molecule has 150 valence electrons. The topological polar surface area (TPSA) is 36.0 Å². The van der Waals surface area contributed by atoms with Crippen LogP contribution in [-0.4, -0.2) is 68.6 Å². The summed E-state index contributed by atoms with van der Waals surface area (Å²) in [6.45, 7) is 6.74. The molecule has 0 unspecified atom stereocenters. The fourth-order valence-corrected chi connectivity index (χ4v) is 3.28. The first-order chi connectivity index (χ1) is 13.5. The number of piperazine rings is 1. The molecule has 0 atom stereocenters. The molecule has 0 N–H and O–H groups in total. The highest BCUT2D eigenvalue weighted by Gasteiger charge is 2.20. The van der Waals surface area contributed by atoms with Gasteiger partial charge >= 0.3 is 0 Å². The summed E-state index contributed by atoms with van der Waals surface area (Å²) in [5.41, 5.74) is 2.50. The van der Waals surface area contributed by atoms with Crippen LogP contribution in [0.4, 0.5) is 10.1 Å². The molecule has 0 bridgehead atoms. The largest absolute Gasteiger partial charge is 0.489 e. The van der Waals surface area contributed by atoms with Gasteiger partial charge < -0.3 is 14.5 Å². The van der Waals surface area contributed by atoms with Crippen LogP contribution in [0.5, 0.6) is 5.75 Å². The van der Waals surface area contributed by atoms with Crippen molar-refractivity contribution in [2.75, 3.05) is 57.8 Å². The van der Waals surface area contributed by atoms with Crippen molar-refractivity contribution in [3.8, 4) is 5.75 Å². The SMILES string of the molecule is Cc1cccc(N2CCN(CC(=O)N(C)CCOc3ccccc3F)CC2)c1. The first kappa shape index (κ1) is 20.1. The summed E-state index contributed by atoms with van der Waals surface area (Å²) >= 11 is 0. The molecule has 1 amide bonds. The van der Waals surface area contributed by atoms with Crippen LogP contribution < -0.4 is 9.64 Å². The Bertz CT molecular complexity index is 791. The van der Waals surface area contributed by atoms with E-state index in [1.54, 1.807) is 30.1 Å². The van der Waals surface area contributed by atoms with Gasteiger partial charge in [0.15, 0.2) is 11.6 Å². The van der Waals surface area contributed by atoms with Gasteiger partial charge in [-0.25, -0.2) is 4.39 Å². The van der Waals surface area contributed by atoms with E-state index in [1.165, 1.54) is 17.3 Å². The number of para-hydroxylation sites is 1. The Morgan fingerprint density at radius 1 is 1.11 bits per heavy atom. The fourth-order valence-electron chi connectivity index (χ4n) is 3.28. The Morgan fingerprint density at radius 3 is 2.57 bits per heavy atom. The Balaban J connectivity index is 1.39. The molecule has 0 saturated carbocycles. The number of rotatable bonds is 7. The van der Waals surface area contributed by atoms with Crippen LogP contribution in [0.3, 0.4) is 0 Å². The molecule has 1 fully saturated rings. The smallest absolute Gasteiger partial charge is 0.236 e. The number of anilines is 1. The van der Waals surface area contributed by atoms with Gasteiger partial charge in [0.05, 0.1) is 13.1 Å². The van der Waals surface area contributed by atoms with E-state index in [9.17, 15) is 9.18 Å². The molecule has 5 nitrogen and oxygen atoms in total. The number of amides is 1. The number of ether oxygens (including phenoxy) is 1. The first-order valence-corrected chi connectivity index (χ1v) is 9.68. The Morgan fingerprint density at radius 2 is 1.86 bits per heavy atom. The van der Waals surface area contributed by atoms with Gasteiger partial charge in [0.2, 0.25) is 5.91 Å². The van der Waals surface area contributed by atoms with Crippen LogP contribution in [-0.2, 0) is 4.79 Å². The van der Waals surface area contributed by atoms with Gasteiger partial charge in [0.25, 0.3) is 0 Å². The van der Waals surface area contributed by atoms with Crippen LogP contribution in [0.15, 0.2) is 48.5 Å². The van der Waals surface area contributed by atoms with Gasteiger partial charge in [0, 0.05) is 38.9 Å². The monoisotopic (exact) mass is 385 g/mol. The van der Waals surface area contributed by atoms with Crippen LogP contribution in [0.25, 0.3) is 0 Å². The molecule has 2 aromatic carbocycles. The van der Waals surface area contributed by atoms with Crippen LogP contribution in [0, 0.1) is 12.7 Å². The molecule has 1 saturated heterocycles. The van der Waals surface area contributed by atoms with E-state index in [-0.39, 0.29) is 24.1 Å². The minimum Gasteiger partial charge on any atom is -0.489 e. The lowest BCUT2D eigenvalue weighted by molar-refractivity contribution is -0.131. The van der Waals surface area contributed by atoms with E-state index in [4.69, 9.17) is 4.74 Å². The quantitative estimate of drug-likeness (QED) is 0.734. The maximum Gasteiger partial charge on any atom is 0.236 e. The van der Waals surface area contributed by atoms with Crippen molar-refractivity contribution in [3.63, 3.8) is 0 Å². The number of benzene rings is 2. The number of carbonyl (C=O) groups excluding carboxylic acids is 1. The van der Waals surface area contributed by atoms with Crippen molar-refractivity contribution in [1.29, 1.82) is 0 Å². The number of likely N-dealkylation sites (N-methyl/N-ethyl adjacent to an activating group) is 1. The van der Waals surface area contributed by atoms with E-state index in [0.717, 1.165) is 26.2 Å². The summed E-state index contributed by atoms with van der Waals surface area (Å²) in [6.07, 6.45) is 0. The second-order valence-electron chi connectivity index (χ2n) is 7.20. The summed E-state index contributed by atoms with van der Waals surface area (Å²) in [5.74, 6) is -0.111. The fraction of sp³-hybridized carbons (Fsp3) is 0.409. The average molecular weight is 385 g/mol. The minimum atomic E-state index is -0.386. The predicted molar refractivity (Wildman–Crippen MR) is 109 cm³/mol. The van der Waals surface area contributed by atoms with E-state index in [1.807, 2.05) is 0 Å². The lowest BCUT2D eigenvalue weighted by Crippen LogP contribution is -2.50. The lowest BCUT2D eigenvalue weighted by Gasteiger charge is -2.36. The van der Waals surface area contributed by atoms with Gasteiger partial charge in [-0.1, -0.05) is 24.3 Å². The van der Waals surface area contributed by atoms with Gasteiger partial charge in [0.1, 0.15) is 6.61 Å². The first-order valence-electron chi connectivity index (χ1n) is 9.68. The van der Waals surface area contributed by atoms with E-state index in [0.29, 0.717) is 13.1 Å². The highest BCUT2D eigenvalue weighted by atomic mass is 19.1. The molecule has 0 spiro atoms. The molecule has 2 aromatic rings. The Kier molecular flexibility index (Phi) is 6.87. The van der Waals surface area contributed by atoms with Gasteiger partial charge in [-0.15, -0.1) is 0 Å². The summed E-state index contributed by atoms with van der Waals surface area (Å²) in [5, 5.41) is 0. The summed E-state index contributed by atoms with van der Waals surface area (Å²) < 4.78 is 19.0. The molecule has 3 rings (SSSR count). The average Bonchev–Trinajstić information content (AvgIpc) is 2.70. The van der Waals surface area contributed by atoms with Crippen molar-refractivity contribution in [2.24, 2.45) is 0 Å². The molecule has 0 aromatic heterocycles. The number of hydrogen-bond donors (Lipinski definition) is 0. The molecular weight excluding hydrogens is 357 g/mol. The Labute approximate surface area is 166 Å². The molecule has 6 heteroatoms. The number of hydrogen-bond acceptors (Lipinski definition) is 4. The second-order valence-corrected chi connectivity index (χ2v) is 7.20. The van der Waals surface area contributed by atoms with Crippen molar-refractivity contribution in [2.45, 2.75) is 6.92 Å². The number of nitrogens with zero attached hydrogens (tertiary/aromatic N) is 3. The minimum absolute atomic E-state index is 0.0566. The summed E-state index contributed by atoms with van der Waals surface area (Å²) in [7, 11) is 1.76. The third kappa shape index (κ3) is 5.45. The maximum absolute atomic E-state index is 13.5. The number of aryl methyl sites for hydroxylation is 1. The molecule has 0 aliphatic carbocycles. The second kappa shape index (κ2) is 9.55. The van der Waals surface area contributed by atoms with E-state index < -0.39 is 0 Å². The van der Waals surface area contributed by atoms with Crippen LogP contribution in [0.1, 0.15) is 5.56 Å². The van der Waals surface area contributed by atoms with Crippen LogP contribution in [0.2, 0.25) is 0 Å². The normalized spacial score (nSPS) is 14.8. The lowest BCUT2D eigenvalue weighted by atomic mass is 10.2. The molecular formula is C22H28FN3O2.